The van der Waals surface area contributed by atoms with Gasteiger partial charge in [-0.2, -0.15) is 5.26 Å². The van der Waals surface area contributed by atoms with Crippen molar-refractivity contribution in [2.24, 2.45) is 4.40 Å². The fourth-order valence-electron chi connectivity index (χ4n) is 2.77. The number of sulfonamides is 1. The van der Waals surface area contributed by atoms with E-state index in [-0.39, 0.29) is 12.4 Å². The molecule has 2 heterocycles. The molecular weight excluding hydrogens is 386 g/mol. The van der Waals surface area contributed by atoms with Crippen LogP contribution in [-0.2, 0) is 21.4 Å². The Kier molecular flexibility index (Phi) is 4.37. The maximum Gasteiger partial charge on any atom is 0.338 e. The minimum absolute atomic E-state index is 0.0229. The number of esters is 1. The predicted octanol–water partition coefficient (Wildman–Crippen LogP) is 2.53. The number of nitrogens with zero attached hydrogens (tertiary/aromatic N) is 3. The quantitative estimate of drug-likeness (QED) is 0.731. The summed E-state index contributed by atoms with van der Waals surface area (Å²) < 4.78 is 32.4. The van der Waals surface area contributed by atoms with E-state index in [9.17, 15) is 13.2 Å². The van der Waals surface area contributed by atoms with Crippen LogP contribution in [0.5, 0.6) is 0 Å². The second-order valence-corrected chi connectivity index (χ2v) is 8.74. The van der Waals surface area contributed by atoms with E-state index in [1.165, 1.54) is 11.8 Å². The van der Waals surface area contributed by atoms with Gasteiger partial charge in [0, 0.05) is 11.4 Å². The fraction of sp³-hybridized carbons (Fsp3) is 0.167. The van der Waals surface area contributed by atoms with E-state index in [0.717, 1.165) is 16.1 Å². The van der Waals surface area contributed by atoms with Gasteiger partial charge in [0.25, 0.3) is 10.0 Å². The third kappa shape index (κ3) is 3.54. The smallest absolute Gasteiger partial charge is 0.338 e. The number of rotatable bonds is 3. The molecule has 2 aliphatic heterocycles. The van der Waals surface area contributed by atoms with Gasteiger partial charge in [-0.25, -0.2) is 13.2 Å². The number of carbonyl (C=O) groups excluding carboxylic acids is 1. The van der Waals surface area contributed by atoms with Crippen LogP contribution in [0.25, 0.3) is 0 Å². The van der Waals surface area contributed by atoms with Gasteiger partial charge in [-0.05, 0) is 47.7 Å². The summed E-state index contributed by atoms with van der Waals surface area (Å²) in [6.07, 6.45) is 0. The molecule has 2 aliphatic rings. The van der Waals surface area contributed by atoms with E-state index in [4.69, 9.17) is 10.00 Å². The van der Waals surface area contributed by atoms with Gasteiger partial charge in [-0.1, -0.05) is 12.1 Å². The van der Waals surface area contributed by atoms with Gasteiger partial charge in [0.05, 0.1) is 28.6 Å². The molecule has 0 aliphatic carbocycles. The third-order valence-corrected chi connectivity index (χ3v) is 6.47. The Balaban J connectivity index is 1.48. The van der Waals surface area contributed by atoms with Crippen molar-refractivity contribution in [1.29, 1.82) is 5.26 Å². The summed E-state index contributed by atoms with van der Waals surface area (Å²) in [5, 5.41) is 9.21. The van der Waals surface area contributed by atoms with E-state index in [2.05, 4.69) is 4.40 Å². The highest BCUT2D eigenvalue weighted by Gasteiger charge is 2.33. The summed E-state index contributed by atoms with van der Waals surface area (Å²) in [5.74, 6) is -0.493. The van der Waals surface area contributed by atoms with Gasteiger partial charge in [0.2, 0.25) is 0 Å². The van der Waals surface area contributed by atoms with Crippen LogP contribution in [0, 0.1) is 11.3 Å². The van der Waals surface area contributed by atoms with Crippen LogP contribution in [0.15, 0.2) is 51.8 Å². The average molecular weight is 399 g/mol. The van der Waals surface area contributed by atoms with Crippen LogP contribution in [0.1, 0.15) is 21.5 Å². The summed E-state index contributed by atoms with van der Waals surface area (Å²) >= 11 is 1.23. The molecule has 27 heavy (non-hydrogen) atoms. The fourth-order valence-corrected chi connectivity index (χ4v) is 5.06. The van der Waals surface area contributed by atoms with Crippen LogP contribution in [-0.4, -0.2) is 31.9 Å². The number of fused-ring (bicyclic) bond motifs is 3. The lowest BCUT2D eigenvalue weighted by Gasteiger charge is -2.22. The lowest BCUT2D eigenvalue weighted by Crippen LogP contribution is -2.35. The number of thioether (sulfide) groups is 1. The van der Waals surface area contributed by atoms with Gasteiger partial charge in [0.1, 0.15) is 6.61 Å². The maximum atomic E-state index is 12.3. The molecule has 0 aromatic heterocycles. The largest absolute Gasteiger partial charge is 0.457 e. The Hall–Kier alpha value is -2.83. The lowest BCUT2D eigenvalue weighted by atomic mass is 10.1. The first kappa shape index (κ1) is 17.6. The second-order valence-electron chi connectivity index (χ2n) is 5.98. The maximum absolute atomic E-state index is 12.3. The average Bonchev–Trinajstić information content (AvgIpc) is 3.01. The van der Waals surface area contributed by atoms with Crippen LogP contribution < -0.4 is 4.90 Å². The molecule has 9 heteroatoms. The van der Waals surface area contributed by atoms with Crippen LogP contribution in [0.3, 0.4) is 0 Å². The molecule has 7 nitrogen and oxygen atoms in total. The molecule has 2 aromatic carbocycles. The number of anilines is 1. The topological polar surface area (TPSA) is 99.8 Å². The van der Waals surface area contributed by atoms with E-state index >= 15 is 0 Å². The van der Waals surface area contributed by atoms with Gasteiger partial charge < -0.3 is 9.64 Å². The first-order valence-corrected chi connectivity index (χ1v) is 10.5. The molecule has 4 rings (SSSR count). The second kappa shape index (κ2) is 6.72. The van der Waals surface area contributed by atoms with Crippen LogP contribution in [0.4, 0.5) is 5.69 Å². The molecule has 2 aromatic rings. The highest BCUT2D eigenvalue weighted by Crippen LogP contribution is 2.42. The predicted molar refractivity (Wildman–Crippen MR) is 101 cm³/mol. The molecule has 0 amide bonds. The molecule has 0 saturated heterocycles. The third-order valence-electron chi connectivity index (χ3n) is 4.16. The molecule has 0 atom stereocenters. The number of amidine groups is 1. The van der Waals surface area contributed by atoms with Crippen molar-refractivity contribution in [3.05, 3.63) is 59.2 Å². The zero-order chi connectivity index (χ0) is 19.0. The van der Waals surface area contributed by atoms with Crippen molar-refractivity contribution in [3.63, 3.8) is 0 Å². The zero-order valence-corrected chi connectivity index (χ0v) is 15.6. The molecule has 0 unspecified atom stereocenters. The molecule has 0 saturated carbocycles. The highest BCUT2D eigenvalue weighted by atomic mass is 32.2. The van der Waals surface area contributed by atoms with Crippen LogP contribution >= 0.6 is 11.8 Å². The summed E-state index contributed by atoms with van der Waals surface area (Å²) in [7, 11) is -3.41. The zero-order valence-electron chi connectivity index (χ0n) is 14.0. The minimum atomic E-state index is -3.41. The molecular formula is C18H13N3O4S2. The Labute approximate surface area is 160 Å². The number of nitriles is 1. The Morgan fingerprint density at radius 2 is 2.04 bits per heavy atom. The normalized spacial score (nSPS) is 16.7. The molecule has 0 fully saturated rings. The molecule has 0 spiro atoms. The standard InChI is InChI=1S/C18H13N3O4S2/c19-10-12-1-3-13(4-2-12)11-25-17(22)14-5-6-15-16(9-14)26-18-20-27(23,24)8-7-21(15)18/h1-6,9H,7-8,11H2. The summed E-state index contributed by atoms with van der Waals surface area (Å²) in [6.45, 7) is 0.454. The first-order valence-electron chi connectivity index (χ1n) is 8.03. The number of ether oxygens (including phenoxy) is 1. The van der Waals surface area contributed by atoms with Crippen molar-refractivity contribution in [2.45, 2.75) is 11.5 Å². The number of hydrogen-bond acceptors (Lipinski definition) is 7. The van der Waals surface area contributed by atoms with Crippen molar-refractivity contribution in [2.75, 3.05) is 17.2 Å². The molecule has 136 valence electrons. The Morgan fingerprint density at radius 3 is 2.78 bits per heavy atom. The van der Waals surface area contributed by atoms with E-state index in [1.807, 2.05) is 11.0 Å². The van der Waals surface area contributed by atoms with E-state index in [0.29, 0.717) is 22.8 Å². The van der Waals surface area contributed by atoms with Crippen molar-refractivity contribution in [1.82, 2.24) is 0 Å². The molecule has 0 radical (unpaired) electrons. The Bertz CT molecular complexity index is 1100. The van der Waals surface area contributed by atoms with E-state index < -0.39 is 16.0 Å². The van der Waals surface area contributed by atoms with Gasteiger partial charge in [-0.15, -0.1) is 4.40 Å². The number of hydrogen-bond donors (Lipinski definition) is 0. The minimum Gasteiger partial charge on any atom is -0.457 e. The van der Waals surface area contributed by atoms with Gasteiger partial charge >= 0.3 is 5.97 Å². The number of benzene rings is 2. The molecule has 0 bridgehead atoms. The molecule has 0 N–H and O–H groups in total. The van der Waals surface area contributed by atoms with E-state index in [1.54, 1.807) is 42.5 Å². The first-order chi connectivity index (χ1) is 12.9. The van der Waals surface area contributed by atoms with Crippen molar-refractivity contribution in [3.8, 4) is 6.07 Å². The van der Waals surface area contributed by atoms with Crippen molar-refractivity contribution < 1.29 is 17.9 Å². The number of carbonyl (C=O) groups is 1. The highest BCUT2D eigenvalue weighted by molar-refractivity contribution is 8.15. The van der Waals surface area contributed by atoms with Gasteiger partial charge in [0.15, 0.2) is 5.17 Å². The monoisotopic (exact) mass is 399 g/mol. The van der Waals surface area contributed by atoms with Gasteiger partial charge in [-0.3, -0.25) is 0 Å². The van der Waals surface area contributed by atoms with Crippen molar-refractivity contribution >= 4 is 38.6 Å². The summed E-state index contributed by atoms with van der Waals surface area (Å²) in [6, 6.07) is 14.0. The summed E-state index contributed by atoms with van der Waals surface area (Å²) in [4.78, 5) is 15.0. The summed E-state index contributed by atoms with van der Waals surface area (Å²) in [5.41, 5.74) is 2.56. The van der Waals surface area contributed by atoms with Crippen LogP contribution in [0.2, 0.25) is 0 Å². The lowest BCUT2D eigenvalue weighted by molar-refractivity contribution is 0.0472. The Morgan fingerprint density at radius 1 is 1.26 bits per heavy atom. The SMILES string of the molecule is N#Cc1ccc(COC(=O)c2ccc3c(c2)SC2=NS(=O)(=O)CCN23)cc1.